The minimum atomic E-state index is -0.161. The molecule has 0 heterocycles. The molecule has 0 aliphatic rings. The van der Waals surface area contributed by atoms with Crippen molar-refractivity contribution in [1.29, 1.82) is 0 Å². The summed E-state index contributed by atoms with van der Waals surface area (Å²) < 4.78 is 0. The molecule has 0 aliphatic carbocycles. The van der Waals surface area contributed by atoms with Crippen LogP contribution in [0.5, 0.6) is 0 Å². The zero-order chi connectivity index (χ0) is 11.4. The minimum absolute atomic E-state index is 0.161. The first-order chi connectivity index (χ1) is 7.31. The van der Waals surface area contributed by atoms with Gasteiger partial charge in [-0.1, -0.05) is 25.3 Å². The Morgan fingerprint density at radius 2 is 1.67 bits per heavy atom. The van der Waals surface area contributed by atoms with Crippen LogP contribution in [0.4, 0.5) is 0 Å². The molecular formula is C12H25NO2. The van der Waals surface area contributed by atoms with Crippen molar-refractivity contribution in [3.63, 3.8) is 0 Å². The van der Waals surface area contributed by atoms with Crippen LogP contribution in [0.3, 0.4) is 0 Å². The number of aliphatic hydroxyl groups is 2. The van der Waals surface area contributed by atoms with Gasteiger partial charge >= 0.3 is 0 Å². The van der Waals surface area contributed by atoms with Crippen molar-refractivity contribution < 1.29 is 10.2 Å². The Morgan fingerprint density at radius 1 is 1.00 bits per heavy atom. The molecule has 0 aromatic carbocycles. The van der Waals surface area contributed by atoms with Crippen LogP contribution in [0, 0.1) is 0 Å². The van der Waals surface area contributed by atoms with Gasteiger partial charge in [0.2, 0.25) is 0 Å². The lowest BCUT2D eigenvalue weighted by molar-refractivity contribution is 0.149. The molecule has 0 fully saturated rings. The first kappa shape index (κ1) is 14.5. The molecule has 0 saturated heterocycles. The van der Waals surface area contributed by atoms with Gasteiger partial charge in [-0.3, -0.25) is 0 Å². The third-order valence-electron chi connectivity index (χ3n) is 2.51. The average Bonchev–Trinajstić information content (AvgIpc) is 2.25. The maximum Gasteiger partial charge on any atom is 0.0751 e. The predicted molar refractivity (Wildman–Crippen MR) is 63.8 cm³/mol. The summed E-state index contributed by atoms with van der Waals surface area (Å²) in [7, 11) is 0. The lowest BCUT2D eigenvalue weighted by Crippen LogP contribution is -2.09. The molecule has 0 saturated carbocycles. The molecule has 1 unspecified atom stereocenters. The predicted octanol–water partition coefficient (Wildman–Crippen LogP) is 2.50. The van der Waals surface area contributed by atoms with E-state index < -0.39 is 0 Å². The Labute approximate surface area is 93.0 Å². The van der Waals surface area contributed by atoms with Gasteiger partial charge in [-0.15, -0.1) is 0 Å². The molecule has 15 heavy (non-hydrogen) atoms. The highest BCUT2D eigenvalue weighted by atomic mass is 16.3. The van der Waals surface area contributed by atoms with E-state index in [4.69, 9.17) is 10.8 Å². The quantitative estimate of drug-likeness (QED) is 0.387. The van der Waals surface area contributed by atoms with Crippen LogP contribution in [0.15, 0.2) is 12.3 Å². The molecular weight excluding hydrogens is 190 g/mol. The highest BCUT2D eigenvalue weighted by Gasteiger charge is 2.02. The zero-order valence-corrected chi connectivity index (χ0v) is 9.57. The van der Waals surface area contributed by atoms with Gasteiger partial charge in [0.1, 0.15) is 0 Å². The number of rotatable bonds is 10. The highest BCUT2D eigenvalue weighted by molar-refractivity contribution is 4.70. The van der Waals surface area contributed by atoms with Crippen LogP contribution < -0.4 is 5.73 Å². The van der Waals surface area contributed by atoms with Crippen molar-refractivity contribution >= 4 is 0 Å². The van der Waals surface area contributed by atoms with E-state index in [0.717, 1.165) is 44.8 Å². The Bertz CT molecular complexity index is 149. The van der Waals surface area contributed by atoms with Crippen LogP contribution >= 0.6 is 0 Å². The molecule has 3 heteroatoms. The van der Waals surface area contributed by atoms with Crippen LogP contribution in [-0.4, -0.2) is 22.9 Å². The van der Waals surface area contributed by atoms with Gasteiger partial charge in [0, 0.05) is 0 Å². The van der Waals surface area contributed by atoms with E-state index >= 15 is 0 Å². The lowest BCUT2D eigenvalue weighted by atomic mass is 10.0. The van der Waals surface area contributed by atoms with Crippen molar-refractivity contribution in [1.82, 2.24) is 0 Å². The Morgan fingerprint density at radius 3 is 2.33 bits per heavy atom. The SMILES string of the molecule is NCCCC(O)CCCCCCC=CO. The Balaban J connectivity index is 3.09. The fraction of sp³-hybridized carbons (Fsp3) is 0.833. The van der Waals surface area contributed by atoms with Crippen LogP contribution in [0.1, 0.15) is 51.4 Å². The average molecular weight is 215 g/mol. The number of allylic oxidation sites excluding steroid dienone is 1. The molecule has 4 N–H and O–H groups in total. The van der Waals surface area contributed by atoms with E-state index in [1.54, 1.807) is 6.08 Å². The van der Waals surface area contributed by atoms with E-state index in [2.05, 4.69) is 0 Å². The van der Waals surface area contributed by atoms with Gasteiger partial charge in [-0.25, -0.2) is 0 Å². The van der Waals surface area contributed by atoms with Crippen LogP contribution in [0.2, 0.25) is 0 Å². The summed E-state index contributed by atoms with van der Waals surface area (Å²) in [6.45, 7) is 0.671. The van der Waals surface area contributed by atoms with Gasteiger partial charge in [0.15, 0.2) is 0 Å². The molecule has 0 radical (unpaired) electrons. The molecule has 0 amide bonds. The molecule has 1 atom stereocenters. The van der Waals surface area contributed by atoms with Gasteiger partial charge in [-0.2, -0.15) is 0 Å². The summed E-state index contributed by atoms with van der Waals surface area (Å²) in [5.74, 6) is 0. The van der Waals surface area contributed by atoms with Crippen molar-refractivity contribution in [3.8, 4) is 0 Å². The molecule has 0 aliphatic heterocycles. The zero-order valence-electron chi connectivity index (χ0n) is 9.57. The lowest BCUT2D eigenvalue weighted by Gasteiger charge is -2.08. The number of nitrogens with two attached hydrogens (primary N) is 1. The second-order valence-corrected chi connectivity index (χ2v) is 3.96. The van der Waals surface area contributed by atoms with E-state index in [9.17, 15) is 5.11 Å². The first-order valence-corrected chi connectivity index (χ1v) is 5.98. The van der Waals surface area contributed by atoms with Gasteiger partial charge in [-0.05, 0) is 38.6 Å². The Kier molecular flexibility index (Phi) is 11.1. The summed E-state index contributed by atoms with van der Waals surface area (Å²) >= 11 is 0. The summed E-state index contributed by atoms with van der Waals surface area (Å²) in [4.78, 5) is 0. The van der Waals surface area contributed by atoms with Gasteiger partial charge < -0.3 is 15.9 Å². The van der Waals surface area contributed by atoms with Crippen LogP contribution in [-0.2, 0) is 0 Å². The number of aliphatic hydroxyl groups excluding tert-OH is 2. The third-order valence-corrected chi connectivity index (χ3v) is 2.51. The van der Waals surface area contributed by atoms with Crippen molar-refractivity contribution in [2.24, 2.45) is 5.73 Å². The molecule has 0 aromatic heterocycles. The topological polar surface area (TPSA) is 66.5 Å². The summed E-state index contributed by atoms with van der Waals surface area (Å²) in [5.41, 5.74) is 5.36. The molecule has 0 bridgehead atoms. The molecule has 3 nitrogen and oxygen atoms in total. The van der Waals surface area contributed by atoms with Crippen molar-refractivity contribution in [2.75, 3.05) is 6.54 Å². The van der Waals surface area contributed by atoms with E-state index in [1.807, 2.05) is 0 Å². The maximum absolute atomic E-state index is 9.52. The summed E-state index contributed by atoms with van der Waals surface area (Å²) in [5, 5.41) is 17.9. The largest absolute Gasteiger partial charge is 0.516 e. The molecule has 0 rings (SSSR count). The molecule has 90 valence electrons. The fourth-order valence-corrected chi connectivity index (χ4v) is 1.57. The summed E-state index contributed by atoms with van der Waals surface area (Å²) in [6.07, 6.45) is 10.9. The van der Waals surface area contributed by atoms with Gasteiger partial charge in [0.05, 0.1) is 12.4 Å². The highest BCUT2D eigenvalue weighted by Crippen LogP contribution is 2.10. The monoisotopic (exact) mass is 215 g/mol. The van der Waals surface area contributed by atoms with Crippen molar-refractivity contribution in [2.45, 2.75) is 57.5 Å². The number of hydrogen-bond acceptors (Lipinski definition) is 3. The fourth-order valence-electron chi connectivity index (χ4n) is 1.57. The second-order valence-electron chi connectivity index (χ2n) is 3.96. The third kappa shape index (κ3) is 11.4. The van der Waals surface area contributed by atoms with Gasteiger partial charge in [0.25, 0.3) is 0 Å². The summed E-state index contributed by atoms with van der Waals surface area (Å²) in [6, 6.07) is 0. The molecule has 0 spiro atoms. The maximum atomic E-state index is 9.52. The first-order valence-electron chi connectivity index (χ1n) is 5.98. The number of hydrogen-bond donors (Lipinski definition) is 3. The number of unbranched alkanes of at least 4 members (excludes halogenated alkanes) is 4. The normalized spacial score (nSPS) is 13.5. The van der Waals surface area contributed by atoms with Crippen LogP contribution in [0.25, 0.3) is 0 Å². The van der Waals surface area contributed by atoms with Crippen molar-refractivity contribution in [3.05, 3.63) is 12.3 Å². The standard InChI is InChI=1S/C12H25NO2/c13-10-7-9-12(15)8-5-3-1-2-4-6-11-14/h6,11-12,14-15H,1-5,7-10,13H2. The molecule has 0 aromatic rings. The second kappa shape index (κ2) is 11.5. The smallest absolute Gasteiger partial charge is 0.0751 e. The minimum Gasteiger partial charge on any atom is -0.516 e. The Hall–Kier alpha value is -0.540. The van der Waals surface area contributed by atoms with E-state index in [-0.39, 0.29) is 6.10 Å². The van der Waals surface area contributed by atoms with E-state index in [1.165, 1.54) is 12.8 Å². The van der Waals surface area contributed by atoms with E-state index in [0.29, 0.717) is 6.54 Å².